The molecule has 3 heteroatoms. The molecule has 0 spiro atoms. The van der Waals surface area contributed by atoms with Crippen LogP contribution in [0.4, 0.5) is 0 Å². The normalized spacial score (nSPS) is 16.1. The Morgan fingerprint density at radius 3 is 2.74 bits per heavy atom. The monoisotopic (exact) mass is 260 g/mol. The summed E-state index contributed by atoms with van der Waals surface area (Å²) in [4.78, 5) is 11.6. The largest absolute Gasteiger partial charge is 0.355 e. The summed E-state index contributed by atoms with van der Waals surface area (Å²) < 4.78 is 0. The summed E-state index contributed by atoms with van der Waals surface area (Å²) in [7, 11) is 0. The van der Waals surface area contributed by atoms with Gasteiger partial charge in [-0.05, 0) is 43.2 Å². The van der Waals surface area contributed by atoms with E-state index in [9.17, 15) is 4.79 Å². The van der Waals surface area contributed by atoms with Gasteiger partial charge in [0.15, 0.2) is 0 Å². The Balaban J connectivity index is 1.56. The molecule has 0 radical (unpaired) electrons. The zero-order valence-corrected chi connectivity index (χ0v) is 11.7. The lowest BCUT2D eigenvalue weighted by Crippen LogP contribution is -2.35. The van der Waals surface area contributed by atoms with Crippen LogP contribution in [0.2, 0.25) is 0 Å². The minimum absolute atomic E-state index is 0.112. The summed E-state index contributed by atoms with van der Waals surface area (Å²) in [6, 6.07) is 10.4. The van der Waals surface area contributed by atoms with Crippen molar-refractivity contribution in [2.24, 2.45) is 5.92 Å². The predicted octanol–water partition coefficient (Wildman–Crippen LogP) is 2.30. The van der Waals surface area contributed by atoms with Crippen molar-refractivity contribution in [2.75, 3.05) is 19.6 Å². The molecule has 2 rings (SSSR count). The summed E-state index contributed by atoms with van der Waals surface area (Å²) in [6.45, 7) is 4.40. The molecule has 0 aromatic heterocycles. The number of carbonyl (C=O) groups is 1. The molecule has 19 heavy (non-hydrogen) atoms. The average molecular weight is 260 g/mol. The molecular weight excluding hydrogens is 236 g/mol. The Kier molecular flexibility index (Phi) is 5.40. The van der Waals surface area contributed by atoms with Gasteiger partial charge in [0.1, 0.15) is 0 Å². The van der Waals surface area contributed by atoms with Crippen LogP contribution in [-0.4, -0.2) is 25.5 Å². The fourth-order valence-corrected chi connectivity index (χ4v) is 2.15. The lowest BCUT2D eigenvalue weighted by Gasteiger charge is -2.12. The third-order valence-corrected chi connectivity index (χ3v) is 3.68. The molecule has 1 amide bonds. The van der Waals surface area contributed by atoms with Crippen molar-refractivity contribution >= 4 is 5.91 Å². The van der Waals surface area contributed by atoms with Crippen LogP contribution in [-0.2, 0) is 4.79 Å². The van der Waals surface area contributed by atoms with Gasteiger partial charge < -0.3 is 10.6 Å². The molecular formula is C16H24N2O. The fraction of sp³-hybridized carbons (Fsp3) is 0.562. The lowest BCUT2D eigenvalue weighted by molar-refractivity contribution is -0.120. The smallest absolute Gasteiger partial charge is 0.233 e. The Bertz CT molecular complexity index is 387. The second-order valence-electron chi connectivity index (χ2n) is 5.52. The average Bonchev–Trinajstić information content (AvgIpc) is 3.24. The van der Waals surface area contributed by atoms with Gasteiger partial charge in [-0.25, -0.2) is 0 Å². The first kappa shape index (κ1) is 14.1. The maximum atomic E-state index is 11.6. The van der Waals surface area contributed by atoms with E-state index in [0.29, 0.717) is 12.5 Å². The second-order valence-corrected chi connectivity index (χ2v) is 5.52. The molecule has 1 atom stereocenters. The van der Waals surface area contributed by atoms with Gasteiger partial charge >= 0.3 is 0 Å². The van der Waals surface area contributed by atoms with Crippen LogP contribution in [0.25, 0.3) is 0 Å². The number of nitrogens with one attached hydrogen (secondary N) is 2. The van der Waals surface area contributed by atoms with E-state index in [0.717, 1.165) is 25.4 Å². The number of hydrogen-bond donors (Lipinski definition) is 2. The highest BCUT2D eigenvalue weighted by Crippen LogP contribution is 2.27. The minimum atomic E-state index is 0.112. The van der Waals surface area contributed by atoms with Crippen molar-refractivity contribution in [1.29, 1.82) is 0 Å². The molecule has 1 unspecified atom stereocenters. The fourth-order valence-electron chi connectivity index (χ4n) is 2.15. The standard InChI is InChI=1S/C16H24N2O/c1-13(15-5-3-2-4-6-15)9-10-18-16(19)12-17-11-14-7-8-14/h2-6,13-14,17H,7-12H2,1H3,(H,18,19). The number of benzene rings is 1. The van der Waals surface area contributed by atoms with Crippen LogP contribution >= 0.6 is 0 Å². The third-order valence-electron chi connectivity index (χ3n) is 3.68. The molecule has 1 aromatic rings. The van der Waals surface area contributed by atoms with E-state index >= 15 is 0 Å². The first-order valence-electron chi connectivity index (χ1n) is 7.28. The summed E-state index contributed by atoms with van der Waals surface area (Å²) in [5.41, 5.74) is 1.34. The molecule has 0 aliphatic heterocycles. The van der Waals surface area contributed by atoms with Crippen LogP contribution in [0, 0.1) is 5.92 Å². The van der Waals surface area contributed by atoms with Crippen LogP contribution in [0.15, 0.2) is 30.3 Å². The van der Waals surface area contributed by atoms with Crippen molar-refractivity contribution in [3.8, 4) is 0 Å². The molecule has 104 valence electrons. The SMILES string of the molecule is CC(CCNC(=O)CNCC1CC1)c1ccccc1. The lowest BCUT2D eigenvalue weighted by atomic mass is 9.98. The summed E-state index contributed by atoms with van der Waals surface area (Å²) in [5, 5.41) is 6.18. The summed E-state index contributed by atoms with van der Waals surface area (Å²) in [5.74, 6) is 1.42. The molecule has 2 N–H and O–H groups in total. The van der Waals surface area contributed by atoms with Gasteiger partial charge in [0.25, 0.3) is 0 Å². The molecule has 3 nitrogen and oxygen atoms in total. The number of amides is 1. The highest BCUT2D eigenvalue weighted by Gasteiger charge is 2.20. The van der Waals surface area contributed by atoms with Crippen LogP contribution in [0.3, 0.4) is 0 Å². The van der Waals surface area contributed by atoms with E-state index in [4.69, 9.17) is 0 Å². The molecule has 0 bridgehead atoms. The van der Waals surface area contributed by atoms with E-state index in [1.54, 1.807) is 0 Å². The second kappa shape index (κ2) is 7.29. The zero-order valence-electron chi connectivity index (χ0n) is 11.7. The van der Waals surface area contributed by atoms with Gasteiger partial charge in [-0.15, -0.1) is 0 Å². The van der Waals surface area contributed by atoms with Crippen molar-refractivity contribution in [3.05, 3.63) is 35.9 Å². The van der Waals surface area contributed by atoms with E-state index in [1.165, 1.54) is 18.4 Å². The van der Waals surface area contributed by atoms with Crippen molar-refractivity contribution in [2.45, 2.75) is 32.1 Å². The van der Waals surface area contributed by atoms with E-state index in [2.05, 4.69) is 41.8 Å². The van der Waals surface area contributed by atoms with Crippen molar-refractivity contribution in [3.63, 3.8) is 0 Å². The molecule has 1 aliphatic rings. The predicted molar refractivity (Wildman–Crippen MR) is 78.1 cm³/mol. The van der Waals surface area contributed by atoms with Crippen molar-refractivity contribution < 1.29 is 4.79 Å². The Labute approximate surface area is 115 Å². The van der Waals surface area contributed by atoms with E-state index in [1.807, 2.05) is 6.07 Å². The summed E-state index contributed by atoms with van der Waals surface area (Å²) >= 11 is 0. The van der Waals surface area contributed by atoms with Crippen molar-refractivity contribution in [1.82, 2.24) is 10.6 Å². The molecule has 1 aliphatic carbocycles. The summed E-state index contributed by atoms with van der Waals surface area (Å²) in [6.07, 6.45) is 3.63. The highest BCUT2D eigenvalue weighted by molar-refractivity contribution is 5.77. The minimum Gasteiger partial charge on any atom is -0.355 e. The van der Waals surface area contributed by atoms with Gasteiger partial charge in [-0.3, -0.25) is 4.79 Å². The number of hydrogen-bond acceptors (Lipinski definition) is 2. The molecule has 1 fully saturated rings. The van der Waals surface area contributed by atoms with E-state index < -0.39 is 0 Å². The van der Waals surface area contributed by atoms with Gasteiger partial charge in [-0.2, -0.15) is 0 Å². The van der Waals surface area contributed by atoms with Gasteiger partial charge in [0.05, 0.1) is 6.54 Å². The van der Waals surface area contributed by atoms with Gasteiger partial charge in [0, 0.05) is 6.54 Å². The molecule has 1 aromatic carbocycles. The van der Waals surface area contributed by atoms with E-state index in [-0.39, 0.29) is 5.91 Å². The Morgan fingerprint density at radius 1 is 1.32 bits per heavy atom. The Morgan fingerprint density at radius 2 is 2.05 bits per heavy atom. The topological polar surface area (TPSA) is 41.1 Å². The molecule has 1 saturated carbocycles. The molecule has 0 saturated heterocycles. The number of carbonyl (C=O) groups excluding carboxylic acids is 1. The van der Waals surface area contributed by atoms with Crippen LogP contribution in [0.5, 0.6) is 0 Å². The Hall–Kier alpha value is -1.35. The van der Waals surface area contributed by atoms with Crippen LogP contribution < -0.4 is 10.6 Å². The number of rotatable bonds is 8. The zero-order chi connectivity index (χ0) is 13.5. The first-order valence-corrected chi connectivity index (χ1v) is 7.28. The maximum absolute atomic E-state index is 11.6. The van der Waals surface area contributed by atoms with Gasteiger partial charge in [0.2, 0.25) is 5.91 Å². The maximum Gasteiger partial charge on any atom is 0.233 e. The van der Waals surface area contributed by atoms with Crippen LogP contribution in [0.1, 0.15) is 37.7 Å². The highest BCUT2D eigenvalue weighted by atomic mass is 16.1. The molecule has 0 heterocycles. The third kappa shape index (κ3) is 5.43. The first-order chi connectivity index (χ1) is 9.25. The quantitative estimate of drug-likeness (QED) is 0.753. The van der Waals surface area contributed by atoms with Gasteiger partial charge in [-0.1, -0.05) is 37.3 Å².